The molecule has 114 valence electrons. The van der Waals surface area contributed by atoms with Crippen molar-refractivity contribution in [2.24, 2.45) is 0 Å². The molecule has 0 atom stereocenters. The van der Waals surface area contributed by atoms with E-state index in [1.165, 1.54) is 0 Å². The molecule has 1 aromatic heterocycles. The van der Waals surface area contributed by atoms with Crippen molar-refractivity contribution < 1.29 is 5.11 Å². The number of anilines is 2. The van der Waals surface area contributed by atoms with E-state index >= 15 is 0 Å². The number of aromatic hydroxyl groups is 1. The number of nitriles is 1. The number of hydrogen-bond donors (Lipinski definition) is 2. The second-order valence-corrected chi connectivity index (χ2v) is 5.05. The first kappa shape index (κ1) is 14.5. The molecule has 6 nitrogen and oxygen atoms in total. The van der Waals surface area contributed by atoms with Gasteiger partial charge in [0.15, 0.2) is 0 Å². The van der Waals surface area contributed by atoms with Crippen molar-refractivity contribution in [2.45, 2.75) is 6.54 Å². The molecule has 3 N–H and O–H groups in total. The van der Waals surface area contributed by atoms with Gasteiger partial charge in [0.05, 0.1) is 29.6 Å². The Morgan fingerprint density at radius 3 is 2.61 bits per heavy atom. The molecular formula is C17H15N5O. The van der Waals surface area contributed by atoms with Crippen molar-refractivity contribution >= 4 is 11.4 Å². The summed E-state index contributed by atoms with van der Waals surface area (Å²) in [4.78, 5) is 4.08. The van der Waals surface area contributed by atoms with Crippen LogP contribution in [0.2, 0.25) is 0 Å². The maximum Gasteiger partial charge on any atom is 0.138 e. The summed E-state index contributed by atoms with van der Waals surface area (Å²) >= 11 is 0. The summed E-state index contributed by atoms with van der Waals surface area (Å²) in [6.07, 6.45) is 5.23. The van der Waals surface area contributed by atoms with Gasteiger partial charge in [0.25, 0.3) is 0 Å². The molecule has 0 aliphatic carbocycles. The molecule has 0 saturated heterocycles. The zero-order valence-corrected chi connectivity index (χ0v) is 12.3. The van der Waals surface area contributed by atoms with Crippen molar-refractivity contribution in [3.05, 3.63) is 72.3 Å². The van der Waals surface area contributed by atoms with Gasteiger partial charge in [-0.3, -0.25) is 5.01 Å². The first-order chi connectivity index (χ1) is 11.2. The van der Waals surface area contributed by atoms with E-state index in [9.17, 15) is 5.11 Å². The van der Waals surface area contributed by atoms with Crippen LogP contribution < -0.4 is 10.7 Å². The predicted molar refractivity (Wildman–Crippen MR) is 87.5 cm³/mol. The molecule has 0 radical (unpaired) electrons. The highest BCUT2D eigenvalue weighted by atomic mass is 16.3. The monoisotopic (exact) mass is 305 g/mol. The third-order valence-electron chi connectivity index (χ3n) is 3.49. The standard InChI is InChI=1S/C17H15N5O/c18-10-13-1-4-15(5-2-13)22(21-8-7-20-12-21)11-14-3-6-17(23)16(19)9-14/h1-9,12,23H,11,19H2. The van der Waals surface area contributed by atoms with Gasteiger partial charge in [-0.15, -0.1) is 0 Å². The van der Waals surface area contributed by atoms with Gasteiger partial charge in [-0.2, -0.15) is 5.26 Å². The van der Waals surface area contributed by atoms with Crippen molar-refractivity contribution in [3.63, 3.8) is 0 Å². The Morgan fingerprint density at radius 2 is 2.00 bits per heavy atom. The van der Waals surface area contributed by atoms with Crippen LogP contribution in [0.25, 0.3) is 0 Å². The molecule has 0 amide bonds. The number of phenolic OH excluding ortho intramolecular Hbond substituents is 1. The molecule has 2 aromatic carbocycles. The van der Waals surface area contributed by atoms with Crippen LogP contribution in [0, 0.1) is 11.3 Å². The Labute approximate surface area is 133 Å². The zero-order chi connectivity index (χ0) is 16.2. The maximum atomic E-state index is 9.55. The van der Waals surface area contributed by atoms with Crippen LogP contribution in [-0.2, 0) is 6.54 Å². The summed E-state index contributed by atoms with van der Waals surface area (Å²) in [6, 6.07) is 14.5. The first-order valence-corrected chi connectivity index (χ1v) is 7.00. The fourth-order valence-corrected chi connectivity index (χ4v) is 2.28. The molecule has 6 heteroatoms. The Kier molecular flexibility index (Phi) is 3.85. The van der Waals surface area contributed by atoms with E-state index in [0.29, 0.717) is 17.8 Å². The predicted octanol–water partition coefficient (Wildman–Crippen LogP) is 2.51. The summed E-state index contributed by atoms with van der Waals surface area (Å²) in [5.41, 5.74) is 8.57. The quantitative estimate of drug-likeness (QED) is 0.571. The maximum absolute atomic E-state index is 9.55. The number of nitrogens with zero attached hydrogens (tertiary/aromatic N) is 4. The molecule has 0 fully saturated rings. The van der Waals surface area contributed by atoms with Crippen LogP contribution in [0.3, 0.4) is 0 Å². The second kappa shape index (κ2) is 6.12. The van der Waals surface area contributed by atoms with Gasteiger partial charge in [-0.25, -0.2) is 9.66 Å². The molecular weight excluding hydrogens is 290 g/mol. The first-order valence-electron chi connectivity index (χ1n) is 7.00. The lowest BCUT2D eigenvalue weighted by Crippen LogP contribution is -2.27. The number of benzene rings is 2. The van der Waals surface area contributed by atoms with E-state index in [1.54, 1.807) is 36.8 Å². The van der Waals surface area contributed by atoms with Gasteiger partial charge in [-0.05, 0) is 42.0 Å². The summed E-state index contributed by atoms with van der Waals surface area (Å²) in [5.74, 6) is 0.0707. The van der Waals surface area contributed by atoms with E-state index in [0.717, 1.165) is 11.3 Å². The van der Waals surface area contributed by atoms with Crippen molar-refractivity contribution in [2.75, 3.05) is 10.7 Å². The molecule has 0 saturated carbocycles. The zero-order valence-electron chi connectivity index (χ0n) is 12.3. The normalized spacial score (nSPS) is 10.2. The fraction of sp³-hybridized carbons (Fsp3) is 0.0588. The molecule has 0 spiro atoms. The topological polar surface area (TPSA) is 91.1 Å². The molecule has 0 bridgehead atoms. The van der Waals surface area contributed by atoms with E-state index in [2.05, 4.69) is 11.1 Å². The van der Waals surface area contributed by atoms with Crippen molar-refractivity contribution in [1.82, 2.24) is 9.66 Å². The molecule has 1 heterocycles. The summed E-state index contributed by atoms with van der Waals surface area (Å²) in [7, 11) is 0. The number of nitrogens with two attached hydrogens (primary N) is 1. The molecule has 0 unspecified atom stereocenters. The molecule has 3 aromatic rings. The Balaban J connectivity index is 1.95. The summed E-state index contributed by atoms with van der Waals surface area (Å²) in [6.45, 7) is 0.534. The average molecular weight is 305 g/mol. The van der Waals surface area contributed by atoms with Crippen molar-refractivity contribution in [1.29, 1.82) is 5.26 Å². The number of nitrogen functional groups attached to an aromatic ring is 1. The lowest BCUT2D eigenvalue weighted by molar-refractivity contribution is 0.477. The van der Waals surface area contributed by atoms with Crippen LogP contribution in [0.15, 0.2) is 61.2 Å². The lowest BCUT2D eigenvalue weighted by atomic mass is 10.1. The highest BCUT2D eigenvalue weighted by Gasteiger charge is 2.10. The Hall–Kier alpha value is -3.46. The van der Waals surface area contributed by atoms with Crippen LogP contribution in [0.5, 0.6) is 5.75 Å². The minimum atomic E-state index is 0.0707. The number of imidazole rings is 1. The molecule has 3 rings (SSSR count). The highest BCUT2D eigenvalue weighted by Crippen LogP contribution is 2.24. The van der Waals surface area contributed by atoms with Gasteiger partial charge in [-0.1, -0.05) is 6.07 Å². The lowest BCUT2D eigenvalue weighted by Gasteiger charge is -2.26. The summed E-state index contributed by atoms with van der Waals surface area (Å²) in [5, 5.41) is 20.5. The minimum absolute atomic E-state index is 0.0707. The minimum Gasteiger partial charge on any atom is -0.506 e. The van der Waals surface area contributed by atoms with Crippen LogP contribution in [0.4, 0.5) is 11.4 Å². The largest absolute Gasteiger partial charge is 0.506 e. The van der Waals surface area contributed by atoms with Crippen LogP contribution in [-0.4, -0.2) is 14.8 Å². The molecule has 0 aliphatic rings. The van der Waals surface area contributed by atoms with Crippen LogP contribution in [0.1, 0.15) is 11.1 Å². The number of rotatable bonds is 4. The van der Waals surface area contributed by atoms with Crippen LogP contribution >= 0.6 is 0 Å². The number of aromatic nitrogens is 2. The van der Waals surface area contributed by atoms with E-state index < -0.39 is 0 Å². The third kappa shape index (κ3) is 3.09. The number of hydrogen-bond acceptors (Lipinski definition) is 5. The smallest absolute Gasteiger partial charge is 0.138 e. The van der Waals surface area contributed by atoms with Gasteiger partial charge in [0.2, 0.25) is 0 Å². The Morgan fingerprint density at radius 1 is 1.22 bits per heavy atom. The van der Waals surface area contributed by atoms with E-state index in [4.69, 9.17) is 11.0 Å². The SMILES string of the molecule is N#Cc1ccc(N(Cc2ccc(O)c(N)c2)n2ccnc2)cc1. The summed E-state index contributed by atoms with van der Waals surface area (Å²) < 4.78 is 1.85. The van der Waals surface area contributed by atoms with Gasteiger partial charge < -0.3 is 10.8 Å². The average Bonchev–Trinajstić information content (AvgIpc) is 3.10. The molecule has 0 aliphatic heterocycles. The van der Waals surface area contributed by atoms with E-state index in [-0.39, 0.29) is 5.75 Å². The second-order valence-electron chi connectivity index (χ2n) is 5.05. The third-order valence-corrected chi connectivity index (χ3v) is 3.49. The Bertz CT molecular complexity index is 834. The number of phenols is 1. The van der Waals surface area contributed by atoms with Gasteiger partial charge in [0, 0.05) is 12.4 Å². The fourth-order valence-electron chi connectivity index (χ4n) is 2.28. The van der Waals surface area contributed by atoms with Gasteiger partial charge >= 0.3 is 0 Å². The molecule has 23 heavy (non-hydrogen) atoms. The van der Waals surface area contributed by atoms with Gasteiger partial charge in [0.1, 0.15) is 12.1 Å². The van der Waals surface area contributed by atoms with E-state index in [1.807, 2.05) is 34.1 Å². The highest BCUT2D eigenvalue weighted by molar-refractivity contribution is 5.55. The van der Waals surface area contributed by atoms with Crippen molar-refractivity contribution in [3.8, 4) is 11.8 Å².